The first-order valence-corrected chi connectivity index (χ1v) is 9.95. The maximum atomic E-state index is 12.4. The molecule has 0 radical (unpaired) electrons. The lowest BCUT2D eigenvalue weighted by Gasteiger charge is -2.23. The van der Waals surface area contributed by atoms with Gasteiger partial charge in [-0.1, -0.05) is 38.2 Å². The molecule has 28 heavy (non-hydrogen) atoms. The van der Waals surface area contributed by atoms with Gasteiger partial charge < -0.3 is 25.2 Å². The zero-order valence-corrected chi connectivity index (χ0v) is 16.0. The van der Waals surface area contributed by atoms with Gasteiger partial charge in [0.15, 0.2) is 11.5 Å². The van der Waals surface area contributed by atoms with Crippen molar-refractivity contribution in [3.8, 4) is 11.5 Å². The highest BCUT2D eigenvalue weighted by molar-refractivity contribution is 5.95. The molecule has 1 aromatic rings. The van der Waals surface area contributed by atoms with Crippen molar-refractivity contribution >= 4 is 17.9 Å². The molecule has 0 aromatic heterocycles. The lowest BCUT2D eigenvalue weighted by Crippen LogP contribution is -2.51. The van der Waals surface area contributed by atoms with Crippen LogP contribution in [0.3, 0.4) is 0 Å². The summed E-state index contributed by atoms with van der Waals surface area (Å²) in [6.07, 6.45) is 10.7. The number of hydrogen-bond acceptors (Lipinski definition) is 5. The maximum Gasteiger partial charge on any atom is 0.245 e. The minimum atomic E-state index is -0.959. The van der Waals surface area contributed by atoms with E-state index in [1.807, 2.05) is 6.07 Å². The molecule has 3 rings (SSSR count). The van der Waals surface area contributed by atoms with E-state index in [-0.39, 0.29) is 18.7 Å². The molecule has 1 aromatic carbocycles. The zero-order chi connectivity index (χ0) is 19.8. The fourth-order valence-corrected chi connectivity index (χ4v) is 3.50. The zero-order valence-electron chi connectivity index (χ0n) is 16.0. The van der Waals surface area contributed by atoms with Gasteiger partial charge in [0.2, 0.25) is 18.6 Å². The minimum Gasteiger partial charge on any atom is -0.454 e. The van der Waals surface area contributed by atoms with Gasteiger partial charge in [0.1, 0.15) is 6.04 Å². The summed E-state index contributed by atoms with van der Waals surface area (Å²) in [6.45, 7) is -0.251. The molecule has 2 aliphatic rings. The Morgan fingerprint density at radius 3 is 2.57 bits per heavy atom. The Balaban J connectivity index is 1.51. The Labute approximate surface area is 165 Å². The van der Waals surface area contributed by atoms with Gasteiger partial charge in [-0.05, 0) is 36.6 Å². The normalized spacial score (nSPS) is 18.3. The third-order valence-electron chi connectivity index (χ3n) is 5.09. The van der Waals surface area contributed by atoms with Crippen molar-refractivity contribution in [1.29, 1.82) is 0 Å². The molecule has 152 valence electrons. The fourth-order valence-electron chi connectivity index (χ4n) is 3.50. The summed E-state index contributed by atoms with van der Waals surface area (Å²) >= 11 is 0. The Kier molecular flexibility index (Phi) is 7.31. The molecule has 3 N–H and O–H groups in total. The number of ether oxygens (including phenoxy) is 2. The first-order chi connectivity index (χ1) is 13.7. The van der Waals surface area contributed by atoms with Gasteiger partial charge in [0.25, 0.3) is 0 Å². The Morgan fingerprint density at radius 1 is 1.11 bits per heavy atom. The number of hydrogen-bond donors (Lipinski definition) is 3. The van der Waals surface area contributed by atoms with E-state index < -0.39 is 18.6 Å². The molecule has 1 fully saturated rings. The molecular formula is C21H28N2O5. The molecule has 1 aliphatic carbocycles. The van der Waals surface area contributed by atoms with Crippen LogP contribution in [-0.4, -0.2) is 42.4 Å². The van der Waals surface area contributed by atoms with Crippen molar-refractivity contribution in [2.75, 3.05) is 13.4 Å². The van der Waals surface area contributed by atoms with Crippen molar-refractivity contribution in [3.05, 3.63) is 29.8 Å². The van der Waals surface area contributed by atoms with E-state index in [0.717, 1.165) is 31.2 Å². The third-order valence-corrected chi connectivity index (χ3v) is 5.09. The van der Waals surface area contributed by atoms with Gasteiger partial charge >= 0.3 is 0 Å². The van der Waals surface area contributed by atoms with Crippen molar-refractivity contribution in [2.24, 2.45) is 0 Å². The smallest absolute Gasteiger partial charge is 0.245 e. The third kappa shape index (κ3) is 5.73. The maximum absolute atomic E-state index is 12.4. The van der Waals surface area contributed by atoms with Gasteiger partial charge in [0.05, 0.1) is 6.61 Å². The lowest BCUT2D eigenvalue weighted by molar-refractivity contribution is -0.128. The summed E-state index contributed by atoms with van der Waals surface area (Å²) in [4.78, 5) is 24.6. The number of aliphatic hydroxyl groups excluding tert-OH is 1. The van der Waals surface area contributed by atoms with Crippen LogP contribution >= 0.6 is 0 Å². The highest BCUT2D eigenvalue weighted by atomic mass is 16.7. The van der Waals surface area contributed by atoms with E-state index in [1.165, 1.54) is 25.3 Å². The number of carbonyl (C=O) groups is 2. The lowest BCUT2D eigenvalue weighted by atomic mass is 9.96. The summed E-state index contributed by atoms with van der Waals surface area (Å²) in [5.74, 6) is 0.532. The van der Waals surface area contributed by atoms with Crippen LogP contribution in [0, 0.1) is 0 Å². The van der Waals surface area contributed by atoms with Crippen molar-refractivity contribution < 1.29 is 24.2 Å². The number of rotatable bonds is 6. The van der Waals surface area contributed by atoms with Gasteiger partial charge in [-0.2, -0.15) is 0 Å². The molecule has 0 spiro atoms. The predicted octanol–water partition coefficient (Wildman–Crippen LogP) is 2.13. The van der Waals surface area contributed by atoms with Crippen molar-refractivity contribution in [3.63, 3.8) is 0 Å². The number of carbonyl (C=O) groups excluding carboxylic acids is 2. The van der Waals surface area contributed by atoms with Gasteiger partial charge in [0, 0.05) is 12.1 Å². The van der Waals surface area contributed by atoms with Crippen molar-refractivity contribution in [1.82, 2.24) is 10.6 Å². The minimum absolute atomic E-state index is 0.114. The molecule has 7 nitrogen and oxygen atoms in total. The molecule has 7 heteroatoms. The van der Waals surface area contributed by atoms with E-state index >= 15 is 0 Å². The SMILES string of the molecule is O=C(C=Cc1ccc2c(c1)OCO2)NC(CO)C(=O)NC1CCCCCCC1. The van der Waals surface area contributed by atoms with Crippen LogP contribution in [-0.2, 0) is 9.59 Å². The molecule has 1 unspecified atom stereocenters. The second-order valence-electron chi connectivity index (χ2n) is 7.24. The number of benzene rings is 1. The van der Waals surface area contributed by atoms with Crippen LogP contribution < -0.4 is 20.1 Å². The largest absolute Gasteiger partial charge is 0.454 e. The average molecular weight is 388 g/mol. The van der Waals surface area contributed by atoms with E-state index in [9.17, 15) is 14.7 Å². The highest BCUT2D eigenvalue weighted by Gasteiger charge is 2.22. The first-order valence-electron chi connectivity index (χ1n) is 9.95. The molecule has 0 saturated heterocycles. The van der Waals surface area contributed by atoms with Gasteiger partial charge in [-0.15, -0.1) is 0 Å². The summed E-state index contributed by atoms with van der Waals surface area (Å²) < 4.78 is 10.6. The summed E-state index contributed by atoms with van der Waals surface area (Å²) in [7, 11) is 0. The monoisotopic (exact) mass is 388 g/mol. The number of amides is 2. The van der Waals surface area contributed by atoms with Crippen LogP contribution in [0.1, 0.15) is 50.5 Å². The Morgan fingerprint density at radius 2 is 1.82 bits per heavy atom. The van der Waals surface area contributed by atoms with E-state index in [1.54, 1.807) is 18.2 Å². The molecule has 1 heterocycles. The van der Waals surface area contributed by atoms with Crippen LogP contribution in [0.5, 0.6) is 11.5 Å². The Hall–Kier alpha value is -2.54. The van der Waals surface area contributed by atoms with Crippen molar-refractivity contribution in [2.45, 2.75) is 57.0 Å². The molecule has 1 saturated carbocycles. The second-order valence-corrected chi connectivity index (χ2v) is 7.24. The summed E-state index contributed by atoms with van der Waals surface area (Å²) in [5, 5.41) is 15.1. The second kappa shape index (κ2) is 10.1. The van der Waals surface area contributed by atoms with Crippen LogP contribution in [0.4, 0.5) is 0 Å². The molecule has 0 bridgehead atoms. The van der Waals surface area contributed by atoms with Crippen LogP contribution in [0.25, 0.3) is 6.08 Å². The predicted molar refractivity (Wildman–Crippen MR) is 105 cm³/mol. The molecular weight excluding hydrogens is 360 g/mol. The molecule has 2 amide bonds. The topological polar surface area (TPSA) is 96.9 Å². The van der Waals surface area contributed by atoms with E-state index in [0.29, 0.717) is 11.5 Å². The highest BCUT2D eigenvalue weighted by Crippen LogP contribution is 2.32. The van der Waals surface area contributed by atoms with Crippen LogP contribution in [0.2, 0.25) is 0 Å². The number of nitrogens with one attached hydrogen (secondary N) is 2. The van der Waals surface area contributed by atoms with E-state index in [2.05, 4.69) is 10.6 Å². The molecule has 1 atom stereocenters. The van der Waals surface area contributed by atoms with Gasteiger partial charge in [-0.3, -0.25) is 9.59 Å². The standard InChI is InChI=1S/C21H28N2O5/c24-13-17(21(26)22-16-6-4-2-1-3-5-7-16)23-20(25)11-9-15-8-10-18-19(12-15)28-14-27-18/h8-12,16-17,24H,1-7,13-14H2,(H,22,26)(H,23,25). The van der Waals surface area contributed by atoms with Crippen LogP contribution in [0.15, 0.2) is 24.3 Å². The number of fused-ring (bicyclic) bond motifs is 1. The molecule has 1 aliphatic heterocycles. The van der Waals surface area contributed by atoms with E-state index in [4.69, 9.17) is 9.47 Å². The Bertz CT molecular complexity index is 711. The van der Waals surface area contributed by atoms with Gasteiger partial charge in [-0.25, -0.2) is 0 Å². The fraction of sp³-hybridized carbons (Fsp3) is 0.524. The number of aliphatic hydroxyl groups is 1. The average Bonchev–Trinajstić information content (AvgIpc) is 3.14. The summed E-state index contributed by atoms with van der Waals surface area (Å²) in [5.41, 5.74) is 0.777. The first kappa shape index (κ1) is 20.2. The quantitative estimate of drug-likeness (QED) is 0.649. The summed E-state index contributed by atoms with van der Waals surface area (Å²) in [6, 6.07) is 4.51.